The van der Waals surface area contributed by atoms with Gasteiger partial charge in [0.15, 0.2) is 0 Å². The molecule has 3 nitrogen and oxygen atoms in total. The lowest BCUT2D eigenvalue weighted by Crippen LogP contribution is -2.31. The van der Waals surface area contributed by atoms with E-state index in [2.05, 4.69) is 5.32 Å². The van der Waals surface area contributed by atoms with Crippen LogP contribution in [0, 0.1) is 17.8 Å². The zero-order chi connectivity index (χ0) is 13.9. The van der Waals surface area contributed by atoms with Gasteiger partial charge in [-0.3, -0.25) is 4.79 Å². The Labute approximate surface area is 112 Å². The summed E-state index contributed by atoms with van der Waals surface area (Å²) < 4.78 is 26.0. The van der Waals surface area contributed by atoms with E-state index in [1.807, 2.05) is 0 Å². The third-order valence-electron chi connectivity index (χ3n) is 4.57. The lowest BCUT2D eigenvalue weighted by molar-refractivity contribution is -0.143. The van der Waals surface area contributed by atoms with Crippen molar-refractivity contribution >= 4 is 5.97 Å². The molecule has 2 aliphatic carbocycles. The van der Waals surface area contributed by atoms with Crippen LogP contribution < -0.4 is 5.32 Å². The number of alkyl halides is 2. The zero-order valence-corrected chi connectivity index (χ0v) is 11.2. The first-order valence-corrected chi connectivity index (χ1v) is 7.27. The molecule has 2 N–H and O–H groups in total. The molecule has 0 aromatic heterocycles. The molecule has 2 aliphatic rings. The van der Waals surface area contributed by atoms with E-state index >= 15 is 0 Å². The van der Waals surface area contributed by atoms with Crippen molar-refractivity contribution in [3.8, 4) is 0 Å². The molecular formula is C14H23F2NO2. The first-order valence-electron chi connectivity index (χ1n) is 7.27. The minimum Gasteiger partial charge on any atom is -0.481 e. The summed E-state index contributed by atoms with van der Waals surface area (Å²) in [5, 5.41) is 12.2. The van der Waals surface area contributed by atoms with E-state index in [1.165, 1.54) is 0 Å². The molecule has 0 bridgehead atoms. The van der Waals surface area contributed by atoms with Crippen LogP contribution in [0.2, 0.25) is 0 Å². The standard InChI is InChI=1S/C14H23F2NO2/c15-14(16)6-5-11(7-14)9-17-8-10-1-3-12(4-2-10)13(18)19/h10-12,17H,1-9H2,(H,18,19). The van der Waals surface area contributed by atoms with Crippen molar-refractivity contribution in [3.63, 3.8) is 0 Å². The quantitative estimate of drug-likeness (QED) is 0.811. The van der Waals surface area contributed by atoms with Gasteiger partial charge in [0.2, 0.25) is 5.92 Å². The molecular weight excluding hydrogens is 252 g/mol. The highest BCUT2D eigenvalue weighted by molar-refractivity contribution is 5.69. The van der Waals surface area contributed by atoms with Crippen LogP contribution in [0.5, 0.6) is 0 Å². The third-order valence-corrected chi connectivity index (χ3v) is 4.57. The number of carboxylic acids is 1. The molecule has 2 fully saturated rings. The molecule has 0 heterocycles. The summed E-state index contributed by atoms with van der Waals surface area (Å²) in [4.78, 5) is 10.8. The van der Waals surface area contributed by atoms with Crippen molar-refractivity contribution in [1.82, 2.24) is 5.32 Å². The Morgan fingerprint density at radius 1 is 1.11 bits per heavy atom. The molecule has 5 heteroatoms. The molecule has 0 aromatic rings. The second-order valence-corrected chi connectivity index (χ2v) is 6.18. The van der Waals surface area contributed by atoms with Gasteiger partial charge in [0.1, 0.15) is 0 Å². The van der Waals surface area contributed by atoms with Gasteiger partial charge in [-0.05, 0) is 57.0 Å². The van der Waals surface area contributed by atoms with Crippen LogP contribution in [0.1, 0.15) is 44.9 Å². The van der Waals surface area contributed by atoms with Crippen molar-refractivity contribution in [3.05, 3.63) is 0 Å². The third kappa shape index (κ3) is 4.41. The van der Waals surface area contributed by atoms with Crippen molar-refractivity contribution in [2.75, 3.05) is 13.1 Å². The summed E-state index contributed by atoms with van der Waals surface area (Å²) >= 11 is 0. The number of hydrogen-bond acceptors (Lipinski definition) is 2. The number of halogens is 2. The predicted molar refractivity (Wildman–Crippen MR) is 68.2 cm³/mol. The molecule has 0 aromatic carbocycles. The molecule has 0 spiro atoms. The Balaban J connectivity index is 1.59. The summed E-state index contributed by atoms with van der Waals surface area (Å²) in [6.45, 7) is 1.52. The molecule has 2 rings (SSSR count). The first kappa shape index (κ1) is 14.7. The normalized spacial score (nSPS) is 34.3. The highest BCUT2D eigenvalue weighted by atomic mass is 19.3. The Bertz CT molecular complexity index is 315. The number of carbonyl (C=O) groups is 1. The number of carboxylic acid groups (broad SMARTS) is 1. The second-order valence-electron chi connectivity index (χ2n) is 6.18. The van der Waals surface area contributed by atoms with Crippen molar-refractivity contribution in [2.45, 2.75) is 50.9 Å². The Kier molecular flexibility index (Phi) is 4.76. The molecule has 0 saturated heterocycles. The number of nitrogens with one attached hydrogen (secondary N) is 1. The Morgan fingerprint density at radius 2 is 1.74 bits per heavy atom. The van der Waals surface area contributed by atoms with E-state index in [-0.39, 0.29) is 24.7 Å². The molecule has 1 unspecified atom stereocenters. The van der Waals surface area contributed by atoms with E-state index in [1.54, 1.807) is 0 Å². The first-order chi connectivity index (χ1) is 8.96. The van der Waals surface area contributed by atoms with Gasteiger partial charge >= 0.3 is 5.97 Å². The van der Waals surface area contributed by atoms with Gasteiger partial charge in [0, 0.05) is 12.8 Å². The van der Waals surface area contributed by atoms with Crippen LogP contribution in [0.25, 0.3) is 0 Å². The SMILES string of the molecule is O=C(O)C1CCC(CNCC2CCC(F)(F)C2)CC1. The molecule has 19 heavy (non-hydrogen) atoms. The van der Waals surface area contributed by atoms with Gasteiger partial charge in [-0.1, -0.05) is 0 Å². The Hall–Kier alpha value is -0.710. The molecule has 0 aliphatic heterocycles. The molecule has 0 amide bonds. The highest BCUT2D eigenvalue weighted by Crippen LogP contribution is 2.38. The van der Waals surface area contributed by atoms with Gasteiger partial charge in [-0.15, -0.1) is 0 Å². The van der Waals surface area contributed by atoms with Crippen molar-refractivity contribution in [2.24, 2.45) is 17.8 Å². The van der Waals surface area contributed by atoms with Gasteiger partial charge in [0.25, 0.3) is 0 Å². The molecule has 2 saturated carbocycles. The second kappa shape index (κ2) is 6.16. The predicted octanol–water partition coefficient (Wildman–Crippen LogP) is 2.90. The van der Waals surface area contributed by atoms with Gasteiger partial charge in [-0.25, -0.2) is 8.78 Å². The lowest BCUT2D eigenvalue weighted by atomic mass is 9.82. The van der Waals surface area contributed by atoms with E-state index in [9.17, 15) is 13.6 Å². The van der Waals surface area contributed by atoms with Gasteiger partial charge in [0.05, 0.1) is 5.92 Å². The van der Waals surface area contributed by atoms with Crippen LogP contribution >= 0.6 is 0 Å². The van der Waals surface area contributed by atoms with E-state index < -0.39 is 11.9 Å². The minimum absolute atomic E-state index is 0.0196. The highest BCUT2D eigenvalue weighted by Gasteiger charge is 2.39. The molecule has 0 radical (unpaired) electrons. The number of aliphatic carboxylic acids is 1. The smallest absolute Gasteiger partial charge is 0.306 e. The van der Waals surface area contributed by atoms with Crippen LogP contribution in [0.4, 0.5) is 8.78 Å². The molecule has 110 valence electrons. The van der Waals surface area contributed by atoms with Crippen LogP contribution in [-0.2, 0) is 4.79 Å². The van der Waals surface area contributed by atoms with Crippen LogP contribution in [0.3, 0.4) is 0 Å². The van der Waals surface area contributed by atoms with Crippen molar-refractivity contribution in [1.29, 1.82) is 0 Å². The maximum atomic E-state index is 13.0. The van der Waals surface area contributed by atoms with Crippen molar-refractivity contribution < 1.29 is 18.7 Å². The average Bonchev–Trinajstić information content (AvgIpc) is 2.69. The average molecular weight is 275 g/mol. The van der Waals surface area contributed by atoms with Gasteiger partial charge in [-0.2, -0.15) is 0 Å². The Morgan fingerprint density at radius 3 is 2.26 bits per heavy atom. The van der Waals surface area contributed by atoms with E-state index in [0.717, 1.165) is 32.2 Å². The largest absolute Gasteiger partial charge is 0.481 e. The van der Waals surface area contributed by atoms with E-state index in [4.69, 9.17) is 5.11 Å². The minimum atomic E-state index is -2.45. The lowest BCUT2D eigenvalue weighted by Gasteiger charge is -2.26. The van der Waals surface area contributed by atoms with Crippen LogP contribution in [-0.4, -0.2) is 30.1 Å². The fourth-order valence-electron chi connectivity index (χ4n) is 3.32. The fraction of sp³-hybridized carbons (Fsp3) is 0.929. The monoisotopic (exact) mass is 275 g/mol. The van der Waals surface area contributed by atoms with E-state index in [0.29, 0.717) is 18.9 Å². The topological polar surface area (TPSA) is 49.3 Å². The van der Waals surface area contributed by atoms with Gasteiger partial charge < -0.3 is 10.4 Å². The number of rotatable bonds is 5. The van der Waals surface area contributed by atoms with Crippen LogP contribution in [0.15, 0.2) is 0 Å². The maximum Gasteiger partial charge on any atom is 0.306 e. The summed E-state index contributed by atoms with van der Waals surface area (Å²) in [6.07, 6.45) is 4.04. The summed E-state index contributed by atoms with van der Waals surface area (Å²) in [5.74, 6) is -2.70. The summed E-state index contributed by atoms with van der Waals surface area (Å²) in [5.41, 5.74) is 0. The number of hydrogen-bond donors (Lipinski definition) is 2. The summed E-state index contributed by atoms with van der Waals surface area (Å²) in [7, 11) is 0. The zero-order valence-electron chi connectivity index (χ0n) is 11.2. The maximum absolute atomic E-state index is 13.0. The molecule has 1 atom stereocenters. The fourth-order valence-corrected chi connectivity index (χ4v) is 3.32. The summed E-state index contributed by atoms with van der Waals surface area (Å²) in [6, 6.07) is 0.